The van der Waals surface area contributed by atoms with Crippen molar-refractivity contribution in [3.05, 3.63) is 0 Å². The molecule has 1 aliphatic heterocycles. The van der Waals surface area contributed by atoms with Gasteiger partial charge in [-0.05, 0) is 19.3 Å². The van der Waals surface area contributed by atoms with Crippen molar-refractivity contribution >= 4 is 5.91 Å². The molecule has 0 aliphatic carbocycles. The SMILES string of the molecule is CC.CC.CCOC[C@H]1CCNC(=O)C1. The van der Waals surface area contributed by atoms with Crippen molar-refractivity contribution in [1.82, 2.24) is 5.32 Å². The molecule has 1 amide bonds. The van der Waals surface area contributed by atoms with Gasteiger partial charge in [0.25, 0.3) is 0 Å². The first-order valence-corrected chi connectivity index (χ1v) is 6.17. The Labute approximate surface area is 94.6 Å². The van der Waals surface area contributed by atoms with E-state index in [0.29, 0.717) is 12.3 Å². The molecule has 0 aromatic carbocycles. The average Bonchev–Trinajstić information content (AvgIpc) is 2.32. The van der Waals surface area contributed by atoms with Crippen molar-refractivity contribution in [2.45, 2.75) is 47.5 Å². The molecule has 0 unspecified atom stereocenters. The molecule has 0 bridgehead atoms. The van der Waals surface area contributed by atoms with Crippen molar-refractivity contribution in [1.29, 1.82) is 0 Å². The molecule has 0 radical (unpaired) electrons. The van der Waals surface area contributed by atoms with Crippen LogP contribution in [0.4, 0.5) is 0 Å². The first-order chi connectivity index (χ1) is 7.33. The van der Waals surface area contributed by atoms with Crippen LogP contribution in [0.1, 0.15) is 47.5 Å². The highest BCUT2D eigenvalue weighted by atomic mass is 16.5. The Kier molecular flexibility index (Phi) is 15.1. The molecule has 0 spiro atoms. The van der Waals surface area contributed by atoms with Crippen LogP contribution in [-0.2, 0) is 9.53 Å². The predicted molar refractivity (Wildman–Crippen MR) is 64.9 cm³/mol. The first kappa shape index (κ1) is 16.8. The minimum absolute atomic E-state index is 0.168. The Morgan fingerprint density at radius 3 is 2.40 bits per heavy atom. The number of nitrogens with one attached hydrogen (secondary N) is 1. The molecule has 1 aliphatic rings. The summed E-state index contributed by atoms with van der Waals surface area (Å²) >= 11 is 0. The van der Waals surface area contributed by atoms with Crippen molar-refractivity contribution in [2.24, 2.45) is 5.92 Å². The van der Waals surface area contributed by atoms with Gasteiger partial charge in [0.2, 0.25) is 5.91 Å². The third kappa shape index (κ3) is 9.73. The van der Waals surface area contributed by atoms with Gasteiger partial charge in [-0.3, -0.25) is 4.79 Å². The molecule has 1 atom stereocenters. The second kappa shape index (κ2) is 13.4. The van der Waals surface area contributed by atoms with Gasteiger partial charge in [-0.25, -0.2) is 0 Å². The second-order valence-corrected chi connectivity index (χ2v) is 2.87. The largest absolute Gasteiger partial charge is 0.381 e. The van der Waals surface area contributed by atoms with Crippen LogP contribution in [0.5, 0.6) is 0 Å². The van der Waals surface area contributed by atoms with E-state index in [1.165, 1.54) is 0 Å². The maximum atomic E-state index is 10.9. The summed E-state index contributed by atoms with van der Waals surface area (Å²) in [5.41, 5.74) is 0. The monoisotopic (exact) mass is 217 g/mol. The van der Waals surface area contributed by atoms with Gasteiger partial charge in [0.15, 0.2) is 0 Å². The lowest BCUT2D eigenvalue weighted by molar-refractivity contribution is -0.124. The minimum atomic E-state index is 0.168. The Morgan fingerprint density at radius 2 is 1.93 bits per heavy atom. The predicted octanol–water partition coefficient (Wildman–Crippen LogP) is 2.60. The van der Waals surface area contributed by atoms with Gasteiger partial charge >= 0.3 is 0 Å². The third-order valence-corrected chi connectivity index (χ3v) is 1.91. The van der Waals surface area contributed by atoms with Crippen LogP contribution in [0.15, 0.2) is 0 Å². The first-order valence-electron chi connectivity index (χ1n) is 6.17. The summed E-state index contributed by atoms with van der Waals surface area (Å²) in [6, 6.07) is 0. The summed E-state index contributed by atoms with van der Waals surface area (Å²) in [6.07, 6.45) is 1.70. The topological polar surface area (TPSA) is 38.3 Å². The Hall–Kier alpha value is -0.570. The van der Waals surface area contributed by atoms with E-state index in [0.717, 1.165) is 26.2 Å². The number of rotatable bonds is 3. The van der Waals surface area contributed by atoms with Crippen LogP contribution in [0.2, 0.25) is 0 Å². The standard InChI is InChI=1S/C8H15NO2.2C2H6/c1-2-11-6-7-3-4-9-8(10)5-7;2*1-2/h7H,2-6H2,1H3,(H,9,10);2*1-2H3/t7-;;/m0../s1. The summed E-state index contributed by atoms with van der Waals surface area (Å²) in [6.45, 7) is 12.3. The molecule has 0 saturated carbocycles. The number of ether oxygens (including phenoxy) is 1. The molecule has 1 saturated heterocycles. The van der Waals surface area contributed by atoms with Crippen LogP contribution in [0, 0.1) is 5.92 Å². The minimum Gasteiger partial charge on any atom is -0.381 e. The molecular weight excluding hydrogens is 190 g/mol. The van der Waals surface area contributed by atoms with Crippen LogP contribution in [-0.4, -0.2) is 25.7 Å². The fourth-order valence-electron chi connectivity index (χ4n) is 1.28. The number of carbonyl (C=O) groups excluding carboxylic acids is 1. The van der Waals surface area contributed by atoms with Gasteiger partial charge in [0.1, 0.15) is 0 Å². The van der Waals surface area contributed by atoms with Crippen LogP contribution >= 0.6 is 0 Å². The molecule has 15 heavy (non-hydrogen) atoms. The molecule has 3 nitrogen and oxygen atoms in total. The highest BCUT2D eigenvalue weighted by Gasteiger charge is 2.18. The van der Waals surface area contributed by atoms with Crippen LogP contribution in [0.3, 0.4) is 0 Å². The van der Waals surface area contributed by atoms with E-state index in [9.17, 15) is 4.79 Å². The third-order valence-electron chi connectivity index (χ3n) is 1.91. The van der Waals surface area contributed by atoms with Crippen molar-refractivity contribution < 1.29 is 9.53 Å². The van der Waals surface area contributed by atoms with Gasteiger partial charge in [0, 0.05) is 26.2 Å². The van der Waals surface area contributed by atoms with Crippen LogP contribution in [0.25, 0.3) is 0 Å². The smallest absolute Gasteiger partial charge is 0.220 e. The zero-order valence-electron chi connectivity index (χ0n) is 10.9. The molecule has 0 aromatic heterocycles. The molecule has 1 N–H and O–H groups in total. The molecule has 1 heterocycles. The van der Waals surface area contributed by atoms with E-state index in [1.807, 2.05) is 34.6 Å². The van der Waals surface area contributed by atoms with E-state index in [4.69, 9.17) is 4.74 Å². The van der Waals surface area contributed by atoms with Crippen molar-refractivity contribution in [3.8, 4) is 0 Å². The number of amides is 1. The summed E-state index contributed by atoms with van der Waals surface area (Å²) in [4.78, 5) is 10.9. The normalized spacial score (nSPS) is 19.0. The molecule has 1 rings (SSSR count). The number of hydrogen-bond acceptors (Lipinski definition) is 2. The van der Waals surface area contributed by atoms with E-state index in [1.54, 1.807) is 0 Å². The van der Waals surface area contributed by atoms with Gasteiger partial charge in [-0.15, -0.1) is 0 Å². The quantitative estimate of drug-likeness (QED) is 0.789. The molecule has 0 aromatic rings. The number of carbonyl (C=O) groups is 1. The molecule has 1 fully saturated rings. The number of piperidine rings is 1. The summed E-state index contributed by atoms with van der Waals surface area (Å²) < 4.78 is 5.24. The zero-order chi connectivity index (χ0) is 12.1. The highest BCUT2D eigenvalue weighted by Crippen LogP contribution is 2.12. The van der Waals surface area contributed by atoms with Gasteiger partial charge in [-0.1, -0.05) is 27.7 Å². The fraction of sp³-hybridized carbons (Fsp3) is 0.917. The molecule has 92 valence electrons. The molecule has 3 heteroatoms. The average molecular weight is 217 g/mol. The van der Waals surface area contributed by atoms with Crippen LogP contribution < -0.4 is 5.32 Å². The zero-order valence-corrected chi connectivity index (χ0v) is 10.9. The molecular formula is C12H27NO2. The lowest BCUT2D eigenvalue weighted by Crippen LogP contribution is -2.35. The summed E-state index contributed by atoms with van der Waals surface area (Å²) in [5, 5.41) is 2.79. The van der Waals surface area contributed by atoms with E-state index >= 15 is 0 Å². The Morgan fingerprint density at radius 1 is 1.33 bits per heavy atom. The Bertz CT molecular complexity index is 138. The lowest BCUT2D eigenvalue weighted by Gasteiger charge is -2.21. The van der Waals surface area contributed by atoms with E-state index < -0.39 is 0 Å². The summed E-state index contributed by atoms with van der Waals surface area (Å²) in [5.74, 6) is 0.615. The Balaban J connectivity index is 0. The fourth-order valence-corrected chi connectivity index (χ4v) is 1.28. The van der Waals surface area contributed by atoms with E-state index in [-0.39, 0.29) is 5.91 Å². The lowest BCUT2D eigenvalue weighted by atomic mass is 9.99. The van der Waals surface area contributed by atoms with Gasteiger partial charge < -0.3 is 10.1 Å². The summed E-state index contributed by atoms with van der Waals surface area (Å²) in [7, 11) is 0. The maximum absolute atomic E-state index is 10.9. The maximum Gasteiger partial charge on any atom is 0.220 e. The van der Waals surface area contributed by atoms with Crippen molar-refractivity contribution in [3.63, 3.8) is 0 Å². The highest BCUT2D eigenvalue weighted by molar-refractivity contribution is 5.76. The number of hydrogen-bond donors (Lipinski definition) is 1. The van der Waals surface area contributed by atoms with Gasteiger partial charge in [-0.2, -0.15) is 0 Å². The van der Waals surface area contributed by atoms with E-state index in [2.05, 4.69) is 5.32 Å². The van der Waals surface area contributed by atoms with Crippen molar-refractivity contribution in [2.75, 3.05) is 19.8 Å². The second-order valence-electron chi connectivity index (χ2n) is 2.87. The van der Waals surface area contributed by atoms with Gasteiger partial charge in [0.05, 0.1) is 0 Å².